The first-order valence-corrected chi connectivity index (χ1v) is 14.2. The van der Waals surface area contributed by atoms with Crippen LogP contribution in [0, 0.1) is 0 Å². The summed E-state index contributed by atoms with van der Waals surface area (Å²) in [6, 6.07) is 16.7. The number of carbonyl (C=O) groups excluding carboxylic acids is 2. The number of anilines is 1. The number of aromatic nitrogens is 7. The number of halogens is 1. The van der Waals surface area contributed by atoms with Crippen LogP contribution in [-0.4, -0.2) is 53.3 Å². The Kier molecular flexibility index (Phi) is 6.76. The van der Waals surface area contributed by atoms with Crippen molar-refractivity contribution in [3.05, 3.63) is 88.2 Å². The monoisotopic (exact) mass is 617 g/mol. The molecule has 0 saturated carbocycles. The molecule has 202 valence electrons. The van der Waals surface area contributed by atoms with Gasteiger partial charge in [-0.1, -0.05) is 39.3 Å². The highest BCUT2D eigenvalue weighted by molar-refractivity contribution is 9.10. The number of carbonyl (C=O) groups is 2. The molecular weight excluding hydrogens is 594 g/mol. The lowest BCUT2D eigenvalue weighted by Crippen LogP contribution is -2.41. The predicted molar refractivity (Wildman–Crippen MR) is 153 cm³/mol. The second-order valence-corrected chi connectivity index (χ2v) is 11.6. The van der Waals surface area contributed by atoms with Crippen LogP contribution in [0.15, 0.2) is 76.8 Å². The van der Waals surface area contributed by atoms with Crippen molar-refractivity contribution in [2.45, 2.75) is 31.8 Å². The summed E-state index contributed by atoms with van der Waals surface area (Å²) in [6.07, 6.45) is 3.96. The van der Waals surface area contributed by atoms with Gasteiger partial charge in [-0.15, -0.1) is 21.5 Å². The zero-order valence-corrected chi connectivity index (χ0v) is 24.0. The first-order chi connectivity index (χ1) is 19.3. The first-order valence-electron chi connectivity index (χ1n) is 12.5. The number of nitrogens with one attached hydrogen (secondary N) is 1. The second kappa shape index (κ2) is 10.4. The minimum Gasteiger partial charge on any atom is -0.340 e. The van der Waals surface area contributed by atoms with Gasteiger partial charge in [0.2, 0.25) is 0 Å². The Balaban J connectivity index is 1.13. The Labute approximate surface area is 242 Å². The highest BCUT2D eigenvalue weighted by atomic mass is 79.9. The molecule has 4 heterocycles. The van der Waals surface area contributed by atoms with E-state index in [-0.39, 0.29) is 17.5 Å². The SMILES string of the molecule is CC(C)(NC(=O)c1csc(-c2cnn(-c3ccccc3)n2)n1)c1cn(C2CCN(c3ccc(Br)cc3)C2=O)nn1. The number of thiazole rings is 1. The van der Waals surface area contributed by atoms with E-state index in [9.17, 15) is 9.59 Å². The molecule has 1 unspecified atom stereocenters. The average molecular weight is 619 g/mol. The van der Waals surface area contributed by atoms with E-state index in [2.05, 4.69) is 46.7 Å². The maximum Gasteiger partial charge on any atom is 0.271 e. The minimum atomic E-state index is -0.859. The molecule has 3 aromatic heterocycles. The molecule has 1 atom stereocenters. The van der Waals surface area contributed by atoms with Gasteiger partial charge in [-0.05, 0) is 56.7 Å². The van der Waals surface area contributed by atoms with Gasteiger partial charge in [-0.2, -0.15) is 9.90 Å². The summed E-state index contributed by atoms with van der Waals surface area (Å²) in [4.78, 5) is 34.0. The van der Waals surface area contributed by atoms with Crippen molar-refractivity contribution in [1.29, 1.82) is 0 Å². The third-order valence-electron chi connectivity index (χ3n) is 6.65. The fraction of sp³-hybridized carbons (Fsp3) is 0.222. The van der Waals surface area contributed by atoms with Gasteiger partial charge in [-0.25, -0.2) is 9.67 Å². The van der Waals surface area contributed by atoms with E-state index in [1.54, 1.807) is 27.4 Å². The van der Waals surface area contributed by atoms with Gasteiger partial charge in [0.05, 0.1) is 23.6 Å². The van der Waals surface area contributed by atoms with Crippen molar-refractivity contribution in [1.82, 2.24) is 40.3 Å². The molecule has 1 fully saturated rings. The zero-order valence-electron chi connectivity index (χ0n) is 21.6. The summed E-state index contributed by atoms with van der Waals surface area (Å²) in [5, 5.41) is 22.6. The van der Waals surface area contributed by atoms with Crippen LogP contribution in [0.4, 0.5) is 5.69 Å². The fourth-order valence-electron chi connectivity index (χ4n) is 4.46. The molecule has 1 aliphatic heterocycles. The van der Waals surface area contributed by atoms with Crippen LogP contribution in [0.5, 0.6) is 0 Å². The predicted octanol–water partition coefficient (Wildman–Crippen LogP) is 4.39. The Morgan fingerprint density at radius 3 is 2.65 bits per heavy atom. The van der Waals surface area contributed by atoms with E-state index in [0.717, 1.165) is 15.8 Å². The number of amides is 2. The quantitative estimate of drug-likeness (QED) is 0.287. The van der Waals surface area contributed by atoms with Gasteiger partial charge < -0.3 is 10.2 Å². The van der Waals surface area contributed by atoms with Crippen molar-refractivity contribution in [2.75, 3.05) is 11.4 Å². The van der Waals surface area contributed by atoms with E-state index < -0.39 is 11.6 Å². The molecule has 13 heteroatoms. The molecule has 6 rings (SSSR count). The summed E-state index contributed by atoms with van der Waals surface area (Å²) in [5.41, 5.74) is 2.20. The largest absolute Gasteiger partial charge is 0.340 e. The second-order valence-electron chi connectivity index (χ2n) is 9.83. The molecule has 1 aliphatic rings. The number of benzene rings is 2. The zero-order chi connectivity index (χ0) is 27.9. The van der Waals surface area contributed by atoms with Crippen LogP contribution >= 0.6 is 27.3 Å². The molecule has 40 heavy (non-hydrogen) atoms. The molecule has 2 aromatic carbocycles. The van der Waals surface area contributed by atoms with Gasteiger partial charge in [0.15, 0.2) is 0 Å². The summed E-state index contributed by atoms with van der Waals surface area (Å²) < 4.78 is 2.54. The molecule has 0 aliphatic carbocycles. The van der Waals surface area contributed by atoms with Crippen LogP contribution in [0.3, 0.4) is 0 Å². The third-order valence-corrected chi connectivity index (χ3v) is 8.04. The Morgan fingerprint density at radius 1 is 1.10 bits per heavy atom. The molecule has 2 amide bonds. The normalized spacial score (nSPS) is 15.5. The molecule has 1 saturated heterocycles. The Bertz CT molecular complexity index is 1680. The van der Waals surface area contributed by atoms with Crippen molar-refractivity contribution in [3.8, 4) is 16.4 Å². The van der Waals surface area contributed by atoms with Crippen LogP contribution in [0.25, 0.3) is 16.4 Å². The number of hydrogen-bond donors (Lipinski definition) is 1. The number of nitrogens with zero attached hydrogens (tertiary/aromatic N) is 8. The lowest BCUT2D eigenvalue weighted by molar-refractivity contribution is -0.120. The molecule has 11 nitrogen and oxygen atoms in total. The van der Waals surface area contributed by atoms with Crippen molar-refractivity contribution in [3.63, 3.8) is 0 Å². The maximum absolute atomic E-state index is 13.2. The van der Waals surface area contributed by atoms with Gasteiger partial charge in [0.1, 0.15) is 28.1 Å². The van der Waals surface area contributed by atoms with Crippen LogP contribution in [0.1, 0.15) is 42.5 Å². The van der Waals surface area contributed by atoms with E-state index in [1.165, 1.54) is 16.1 Å². The molecular formula is C27H24BrN9O2S. The summed E-state index contributed by atoms with van der Waals surface area (Å²) in [7, 11) is 0. The maximum atomic E-state index is 13.2. The van der Waals surface area contributed by atoms with Crippen LogP contribution in [-0.2, 0) is 10.3 Å². The molecule has 1 N–H and O–H groups in total. The fourth-order valence-corrected chi connectivity index (χ4v) is 5.47. The average Bonchev–Trinajstić information content (AvgIpc) is 3.76. The third kappa shape index (κ3) is 5.05. The molecule has 0 spiro atoms. The highest BCUT2D eigenvalue weighted by Gasteiger charge is 2.36. The molecule has 0 bridgehead atoms. The number of hydrogen-bond acceptors (Lipinski definition) is 8. The van der Waals surface area contributed by atoms with Crippen molar-refractivity contribution in [2.24, 2.45) is 0 Å². The van der Waals surface area contributed by atoms with E-state index in [1.807, 2.05) is 68.4 Å². The Morgan fingerprint density at radius 2 is 1.88 bits per heavy atom. The summed E-state index contributed by atoms with van der Waals surface area (Å²) in [5.74, 6) is -0.393. The van der Waals surface area contributed by atoms with Crippen LogP contribution in [0.2, 0.25) is 0 Å². The number of para-hydroxylation sites is 1. The van der Waals surface area contributed by atoms with Gasteiger partial charge in [0, 0.05) is 22.1 Å². The van der Waals surface area contributed by atoms with Gasteiger partial charge >= 0.3 is 0 Å². The summed E-state index contributed by atoms with van der Waals surface area (Å²) in [6.45, 7) is 4.26. The lowest BCUT2D eigenvalue weighted by Gasteiger charge is -2.23. The molecule has 0 radical (unpaired) electrons. The number of rotatable bonds is 7. The molecule has 5 aromatic rings. The Hall–Kier alpha value is -4.23. The van der Waals surface area contributed by atoms with E-state index >= 15 is 0 Å². The van der Waals surface area contributed by atoms with E-state index in [4.69, 9.17) is 0 Å². The standard InChI is InChI=1S/C27H24BrN9O2S/c1-27(2,23-15-36(34-32-23)22-12-13-35(26(22)39)18-10-8-17(28)9-11-18)31-24(38)21-16-40-25(30-21)20-14-29-37(33-20)19-6-4-3-5-7-19/h3-11,14-16,22H,12-13H2,1-2H3,(H,31,38). The van der Waals surface area contributed by atoms with Crippen molar-refractivity contribution >= 4 is 44.8 Å². The topological polar surface area (TPSA) is 124 Å². The van der Waals surface area contributed by atoms with Crippen LogP contribution < -0.4 is 10.2 Å². The van der Waals surface area contributed by atoms with Gasteiger partial charge in [0.25, 0.3) is 11.8 Å². The summed E-state index contributed by atoms with van der Waals surface area (Å²) >= 11 is 4.74. The first kappa shape index (κ1) is 26.0. The smallest absolute Gasteiger partial charge is 0.271 e. The lowest BCUT2D eigenvalue weighted by atomic mass is 10.0. The van der Waals surface area contributed by atoms with E-state index in [0.29, 0.717) is 29.4 Å². The van der Waals surface area contributed by atoms with Gasteiger partial charge in [-0.3, -0.25) is 9.59 Å². The van der Waals surface area contributed by atoms with Crippen molar-refractivity contribution < 1.29 is 9.59 Å². The highest BCUT2D eigenvalue weighted by Crippen LogP contribution is 2.30. The minimum absolute atomic E-state index is 0.0418.